The molecule has 0 spiro atoms. The number of esters is 1. The van der Waals surface area contributed by atoms with Gasteiger partial charge in [-0.2, -0.15) is 0 Å². The normalized spacial score (nSPS) is 13.4. The Morgan fingerprint density at radius 2 is 1.92 bits per heavy atom. The van der Waals surface area contributed by atoms with E-state index in [1.165, 1.54) is 7.11 Å². The molecule has 0 atom stereocenters. The van der Waals surface area contributed by atoms with Gasteiger partial charge in [-0.3, -0.25) is 9.36 Å². The number of hydrogen-bond donors (Lipinski definition) is 1. The Balaban J connectivity index is 1.89. The van der Waals surface area contributed by atoms with Gasteiger partial charge in [-0.15, -0.1) is 0 Å². The predicted molar refractivity (Wildman–Crippen MR) is 99.5 cm³/mol. The SMILES string of the molecule is COC(=O)c1cccc2c1c1c(n2C(=O)Cc2ccccc2)CNCC1. The van der Waals surface area contributed by atoms with Gasteiger partial charge in [0.15, 0.2) is 0 Å². The summed E-state index contributed by atoms with van der Waals surface area (Å²) in [5, 5.41) is 4.18. The van der Waals surface area contributed by atoms with Crippen LogP contribution in [0.3, 0.4) is 0 Å². The predicted octanol–water partition coefficient (Wildman–Crippen LogP) is 2.96. The maximum absolute atomic E-state index is 13.1. The molecule has 2 heterocycles. The summed E-state index contributed by atoms with van der Waals surface area (Å²) in [5.74, 6) is -0.363. The van der Waals surface area contributed by atoms with Crippen LogP contribution in [0.5, 0.6) is 0 Å². The van der Waals surface area contributed by atoms with Gasteiger partial charge in [-0.25, -0.2) is 4.79 Å². The highest BCUT2D eigenvalue weighted by Crippen LogP contribution is 2.32. The van der Waals surface area contributed by atoms with E-state index in [-0.39, 0.29) is 11.9 Å². The van der Waals surface area contributed by atoms with Gasteiger partial charge in [0.05, 0.1) is 24.6 Å². The number of nitrogens with one attached hydrogen (secondary N) is 1. The molecule has 1 aromatic heterocycles. The Kier molecular flexibility index (Phi) is 4.31. The maximum Gasteiger partial charge on any atom is 0.338 e. The Bertz CT molecular complexity index is 989. The van der Waals surface area contributed by atoms with Gasteiger partial charge >= 0.3 is 5.97 Å². The molecule has 1 aliphatic heterocycles. The number of benzene rings is 2. The Morgan fingerprint density at radius 1 is 1.12 bits per heavy atom. The zero-order chi connectivity index (χ0) is 18.1. The Hall–Kier alpha value is -2.92. The van der Waals surface area contributed by atoms with Crippen LogP contribution in [0, 0.1) is 0 Å². The molecule has 3 aromatic rings. The molecule has 1 aliphatic rings. The van der Waals surface area contributed by atoms with E-state index in [0.717, 1.165) is 40.7 Å². The number of methoxy groups -OCH3 is 1. The van der Waals surface area contributed by atoms with Crippen LogP contribution in [0.1, 0.15) is 32.0 Å². The minimum absolute atomic E-state index is 0.00756. The lowest BCUT2D eigenvalue weighted by Gasteiger charge is -2.16. The van der Waals surface area contributed by atoms with Gasteiger partial charge in [0, 0.05) is 17.6 Å². The van der Waals surface area contributed by atoms with E-state index in [9.17, 15) is 9.59 Å². The van der Waals surface area contributed by atoms with Crippen molar-refractivity contribution in [3.8, 4) is 0 Å². The largest absolute Gasteiger partial charge is 0.465 e. The fourth-order valence-electron chi connectivity index (χ4n) is 3.76. The summed E-state index contributed by atoms with van der Waals surface area (Å²) >= 11 is 0. The summed E-state index contributed by atoms with van der Waals surface area (Å²) in [6.07, 6.45) is 1.10. The third kappa shape index (κ3) is 2.70. The van der Waals surface area contributed by atoms with Crippen molar-refractivity contribution < 1.29 is 14.3 Å². The average Bonchev–Trinajstić information content (AvgIpc) is 3.02. The van der Waals surface area contributed by atoms with Crippen LogP contribution in [0.15, 0.2) is 48.5 Å². The first-order valence-corrected chi connectivity index (χ1v) is 8.72. The van der Waals surface area contributed by atoms with Gasteiger partial charge in [-0.05, 0) is 36.2 Å². The highest BCUT2D eigenvalue weighted by molar-refractivity contribution is 6.08. The molecule has 0 saturated carbocycles. The molecule has 0 fully saturated rings. The molecule has 26 heavy (non-hydrogen) atoms. The van der Waals surface area contributed by atoms with Crippen LogP contribution >= 0.6 is 0 Å². The van der Waals surface area contributed by atoms with E-state index >= 15 is 0 Å². The molecule has 132 valence electrons. The number of carbonyl (C=O) groups excluding carboxylic acids is 2. The topological polar surface area (TPSA) is 60.3 Å². The van der Waals surface area contributed by atoms with E-state index in [1.54, 1.807) is 16.7 Å². The van der Waals surface area contributed by atoms with Gasteiger partial charge in [0.1, 0.15) is 0 Å². The number of nitrogens with zero attached hydrogens (tertiary/aromatic N) is 1. The van der Waals surface area contributed by atoms with Gasteiger partial charge < -0.3 is 10.1 Å². The number of aromatic nitrogens is 1. The van der Waals surface area contributed by atoms with E-state index in [0.29, 0.717) is 18.5 Å². The third-order valence-corrected chi connectivity index (χ3v) is 4.90. The number of hydrogen-bond acceptors (Lipinski definition) is 4. The standard InChI is InChI=1S/C21H20N2O3/c1-26-21(25)16-8-5-9-17-20(16)15-10-11-22-13-18(15)23(17)19(24)12-14-6-3-2-4-7-14/h2-9,22H,10-13H2,1H3. The van der Waals surface area contributed by atoms with E-state index in [4.69, 9.17) is 4.74 Å². The van der Waals surface area contributed by atoms with Crippen molar-refractivity contribution in [3.05, 3.63) is 70.9 Å². The fourth-order valence-corrected chi connectivity index (χ4v) is 3.76. The number of rotatable bonds is 3. The van der Waals surface area contributed by atoms with Crippen molar-refractivity contribution in [2.45, 2.75) is 19.4 Å². The summed E-state index contributed by atoms with van der Waals surface area (Å²) in [7, 11) is 1.38. The zero-order valence-corrected chi connectivity index (χ0v) is 14.6. The van der Waals surface area contributed by atoms with Crippen LogP contribution in [0.2, 0.25) is 0 Å². The molecular weight excluding hydrogens is 328 g/mol. The quantitative estimate of drug-likeness (QED) is 0.739. The lowest BCUT2D eigenvalue weighted by atomic mass is 10.0. The summed E-state index contributed by atoms with van der Waals surface area (Å²) < 4.78 is 6.73. The molecule has 4 rings (SSSR count). The van der Waals surface area contributed by atoms with Crippen molar-refractivity contribution in [2.75, 3.05) is 13.7 Å². The molecule has 2 aromatic carbocycles. The van der Waals surface area contributed by atoms with Gasteiger partial charge in [0.2, 0.25) is 5.91 Å². The molecule has 5 heteroatoms. The van der Waals surface area contributed by atoms with Crippen molar-refractivity contribution in [2.24, 2.45) is 0 Å². The van der Waals surface area contributed by atoms with Crippen molar-refractivity contribution in [1.82, 2.24) is 9.88 Å². The monoisotopic (exact) mass is 348 g/mol. The summed E-state index contributed by atoms with van der Waals surface area (Å²) in [6, 6.07) is 15.2. The smallest absolute Gasteiger partial charge is 0.338 e. The minimum atomic E-state index is -0.371. The first kappa shape index (κ1) is 16.5. The first-order valence-electron chi connectivity index (χ1n) is 8.72. The highest BCUT2D eigenvalue weighted by Gasteiger charge is 2.26. The molecule has 0 amide bonds. The Labute approximate surface area is 151 Å². The van der Waals surface area contributed by atoms with Crippen molar-refractivity contribution in [3.63, 3.8) is 0 Å². The molecule has 5 nitrogen and oxygen atoms in total. The fraction of sp³-hybridized carbons (Fsp3) is 0.238. The van der Waals surface area contributed by atoms with Crippen LogP contribution in [0.4, 0.5) is 0 Å². The van der Waals surface area contributed by atoms with Crippen LogP contribution in [-0.4, -0.2) is 30.1 Å². The highest BCUT2D eigenvalue weighted by atomic mass is 16.5. The van der Waals surface area contributed by atoms with E-state index in [2.05, 4.69) is 5.32 Å². The zero-order valence-electron chi connectivity index (χ0n) is 14.6. The number of fused-ring (bicyclic) bond motifs is 3. The second-order valence-electron chi connectivity index (χ2n) is 6.43. The number of ether oxygens (including phenoxy) is 1. The molecule has 1 N–H and O–H groups in total. The lowest BCUT2D eigenvalue weighted by Crippen LogP contribution is -2.27. The minimum Gasteiger partial charge on any atom is -0.465 e. The van der Waals surface area contributed by atoms with E-state index < -0.39 is 0 Å². The van der Waals surface area contributed by atoms with Crippen LogP contribution in [-0.2, 0) is 24.1 Å². The second kappa shape index (κ2) is 6.77. The van der Waals surface area contributed by atoms with Crippen molar-refractivity contribution in [1.29, 1.82) is 0 Å². The maximum atomic E-state index is 13.1. The van der Waals surface area contributed by atoms with Crippen molar-refractivity contribution >= 4 is 22.8 Å². The molecule has 0 unspecified atom stereocenters. The van der Waals surface area contributed by atoms with Crippen LogP contribution < -0.4 is 5.32 Å². The molecule has 0 radical (unpaired) electrons. The third-order valence-electron chi connectivity index (χ3n) is 4.90. The second-order valence-corrected chi connectivity index (χ2v) is 6.43. The lowest BCUT2D eigenvalue weighted by molar-refractivity contribution is 0.0602. The summed E-state index contributed by atoms with van der Waals surface area (Å²) in [5.41, 5.74) is 4.29. The van der Waals surface area contributed by atoms with Gasteiger partial charge in [0.25, 0.3) is 0 Å². The summed E-state index contributed by atoms with van der Waals surface area (Å²) in [6.45, 7) is 1.44. The summed E-state index contributed by atoms with van der Waals surface area (Å²) in [4.78, 5) is 25.4. The molecule has 0 aliphatic carbocycles. The molecular formula is C21H20N2O3. The van der Waals surface area contributed by atoms with E-state index in [1.807, 2.05) is 36.4 Å². The first-order chi connectivity index (χ1) is 12.7. The average molecular weight is 348 g/mol. The number of carbonyl (C=O) groups is 2. The molecule has 0 bridgehead atoms. The Morgan fingerprint density at radius 3 is 2.69 bits per heavy atom. The van der Waals surface area contributed by atoms with Gasteiger partial charge in [-0.1, -0.05) is 36.4 Å². The van der Waals surface area contributed by atoms with Crippen LogP contribution in [0.25, 0.3) is 10.9 Å². The molecule has 0 saturated heterocycles.